The largest absolute Gasteiger partial charge is 0.332 e. The van der Waals surface area contributed by atoms with E-state index in [0.29, 0.717) is 17.1 Å². The van der Waals surface area contributed by atoms with Crippen LogP contribution in [0.2, 0.25) is 0 Å². The molecule has 0 saturated carbocycles. The van der Waals surface area contributed by atoms with Gasteiger partial charge in [-0.1, -0.05) is 40.3 Å². The second kappa shape index (κ2) is 9.22. The number of benzene rings is 2. The summed E-state index contributed by atoms with van der Waals surface area (Å²) in [5, 5.41) is 9.22. The summed E-state index contributed by atoms with van der Waals surface area (Å²) in [6.07, 6.45) is 1.25. The van der Waals surface area contributed by atoms with Crippen molar-refractivity contribution in [2.45, 2.75) is 19.8 Å². The van der Waals surface area contributed by atoms with Crippen molar-refractivity contribution in [3.05, 3.63) is 52.5 Å². The van der Waals surface area contributed by atoms with Crippen LogP contribution in [0.1, 0.15) is 30.1 Å². The van der Waals surface area contributed by atoms with Crippen molar-refractivity contribution in [2.75, 3.05) is 10.6 Å². The van der Waals surface area contributed by atoms with Gasteiger partial charge in [0.2, 0.25) is 5.91 Å². The molecule has 0 spiro atoms. The van der Waals surface area contributed by atoms with Crippen molar-refractivity contribution in [3.63, 3.8) is 0 Å². The zero-order chi connectivity index (χ0) is 20.1. The summed E-state index contributed by atoms with van der Waals surface area (Å²) in [6, 6.07) is 12.6. The van der Waals surface area contributed by atoms with Crippen LogP contribution in [-0.2, 0) is 4.79 Å². The first kappa shape index (κ1) is 20.4. The van der Waals surface area contributed by atoms with E-state index >= 15 is 0 Å². The molecule has 2 aromatic carbocycles. The van der Waals surface area contributed by atoms with Gasteiger partial charge in [-0.05, 0) is 55.0 Å². The van der Waals surface area contributed by atoms with Gasteiger partial charge in [0.1, 0.15) is 0 Å². The predicted molar refractivity (Wildman–Crippen MR) is 121 cm³/mol. The highest BCUT2D eigenvalue weighted by molar-refractivity contribution is 9.10. The number of carbonyl (C=O) groups excluding carboxylic acids is 2. The van der Waals surface area contributed by atoms with Gasteiger partial charge >= 0.3 is 0 Å². The number of fused-ring (bicyclic) bond motifs is 1. The van der Waals surface area contributed by atoms with Crippen molar-refractivity contribution < 1.29 is 9.59 Å². The van der Waals surface area contributed by atoms with E-state index in [1.54, 1.807) is 18.2 Å². The Morgan fingerprint density at radius 1 is 1.18 bits per heavy atom. The zero-order valence-electron chi connectivity index (χ0n) is 14.9. The van der Waals surface area contributed by atoms with Crippen LogP contribution >= 0.6 is 39.5 Å². The molecular formula is C19H17BrN4O2S2. The Kier molecular flexibility index (Phi) is 6.71. The van der Waals surface area contributed by atoms with Crippen molar-refractivity contribution in [3.8, 4) is 0 Å². The minimum atomic E-state index is -0.293. The number of nitrogens with zero attached hydrogens (tertiary/aromatic N) is 1. The average molecular weight is 477 g/mol. The molecule has 9 heteroatoms. The number of anilines is 2. The Morgan fingerprint density at radius 2 is 2.00 bits per heavy atom. The first-order chi connectivity index (χ1) is 13.4. The van der Waals surface area contributed by atoms with E-state index in [9.17, 15) is 9.59 Å². The maximum atomic E-state index is 12.3. The molecule has 1 aromatic heterocycles. The van der Waals surface area contributed by atoms with Crippen LogP contribution in [0.5, 0.6) is 0 Å². The van der Waals surface area contributed by atoms with Crippen LogP contribution in [0, 0.1) is 0 Å². The highest BCUT2D eigenvalue weighted by Crippen LogP contribution is 2.28. The Balaban J connectivity index is 1.65. The fraction of sp³-hybridized carbons (Fsp3) is 0.158. The molecule has 1 heterocycles. The number of nitrogens with one attached hydrogen (secondary N) is 3. The van der Waals surface area contributed by atoms with E-state index in [1.807, 2.05) is 31.2 Å². The minimum Gasteiger partial charge on any atom is -0.332 e. The lowest BCUT2D eigenvalue weighted by Gasteiger charge is -2.09. The van der Waals surface area contributed by atoms with Gasteiger partial charge in [-0.3, -0.25) is 14.9 Å². The third-order valence-electron chi connectivity index (χ3n) is 3.68. The predicted octanol–water partition coefficient (Wildman–Crippen LogP) is 4.92. The summed E-state index contributed by atoms with van der Waals surface area (Å²) in [5.41, 5.74) is 2.01. The lowest BCUT2D eigenvalue weighted by Crippen LogP contribution is -2.34. The molecule has 0 atom stereocenters. The standard InChI is InChI=1S/C19H17BrN4O2S2/c1-2-4-16(25)23-19-22-14-8-7-13(10-15(14)28-19)21-18(27)24-17(26)11-5-3-6-12(20)9-11/h3,5-10H,2,4H2,1H3,(H,22,23,25)(H2,21,24,26,27). The van der Waals surface area contributed by atoms with Crippen LogP contribution in [0.4, 0.5) is 10.8 Å². The Labute approximate surface area is 179 Å². The monoisotopic (exact) mass is 476 g/mol. The number of halogens is 1. The van der Waals surface area contributed by atoms with Crippen molar-refractivity contribution in [1.29, 1.82) is 0 Å². The van der Waals surface area contributed by atoms with E-state index in [2.05, 4.69) is 36.9 Å². The summed E-state index contributed by atoms with van der Waals surface area (Å²) in [5.74, 6) is -0.338. The maximum Gasteiger partial charge on any atom is 0.257 e. The van der Waals surface area contributed by atoms with Crippen LogP contribution in [0.3, 0.4) is 0 Å². The second-order valence-electron chi connectivity index (χ2n) is 5.92. The van der Waals surface area contributed by atoms with Gasteiger partial charge in [0, 0.05) is 22.1 Å². The molecule has 0 fully saturated rings. The Bertz CT molecular complexity index is 1050. The first-order valence-electron chi connectivity index (χ1n) is 8.53. The molecule has 0 aliphatic carbocycles. The van der Waals surface area contributed by atoms with Gasteiger partial charge < -0.3 is 10.6 Å². The van der Waals surface area contributed by atoms with Gasteiger partial charge in [0.15, 0.2) is 10.2 Å². The van der Waals surface area contributed by atoms with Gasteiger partial charge in [-0.25, -0.2) is 4.98 Å². The maximum absolute atomic E-state index is 12.3. The van der Waals surface area contributed by atoms with E-state index < -0.39 is 0 Å². The number of carbonyl (C=O) groups is 2. The highest BCUT2D eigenvalue weighted by atomic mass is 79.9. The molecule has 0 saturated heterocycles. The number of thiazole rings is 1. The molecule has 3 rings (SSSR count). The van der Waals surface area contributed by atoms with Crippen molar-refractivity contribution in [2.24, 2.45) is 0 Å². The zero-order valence-corrected chi connectivity index (χ0v) is 18.1. The van der Waals surface area contributed by atoms with Gasteiger partial charge in [-0.15, -0.1) is 0 Å². The molecular weight excluding hydrogens is 460 g/mol. The van der Waals surface area contributed by atoms with E-state index in [-0.39, 0.29) is 16.9 Å². The normalized spacial score (nSPS) is 10.5. The van der Waals surface area contributed by atoms with Crippen LogP contribution in [0.25, 0.3) is 10.2 Å². The number of amides is 2. The van der Waals surface area contributed by atoms with E-state index in [0.717, 1.165) is 26.8 Å². The van der Waals surface area contributed by atoms with Crippen LogP contribution in [-0.4, -0.2) is 21.9 Å². The molecule has 3 N–H and O–H groups in total. The van der Waals surface area contributed by atoms with Crippen molar-refractivity contribution >= 4 is 77.4 Å². The summed E-state index contributed by atoms with van der Waals surface area (Å²) in [6.45, 7) is 1.95. The fourth-order valence-electron chi connectivity index (χ4n) is 2.43. The molecule has 2 amide bonds. The molecule has 0 unspecified atom stereocenters. The molecule has 0 radical (unpaired) electrons. The molecule has 0 bridgehead atoms. The average Bonchev–Trinajstić information content (AvgIpc) is 3.03. The van der Waals surface area contributed by atoms with E-state index in [4.69, 9.17) is 12.2 Å². The quantitative estimate of drug-likeness (QED) is 0.455. The lowest BCUT2D eigenvalue weighted by atomic mass is 10.2. The molecule has 0 aliphatic heterocycles. The summed E-state index contributed by atoms with van der Waals surface area (Å²) < 4.78 is 1.72. The van der Waals surface area contributed by atoms with E-state index in [1.165, 1.54) is 11.3 Å². The SMILES string of the molecule is CCCC(=O)Nc1nc2ccc(NC(=S)NC(=O)c3cccc(Br)c3)cc2s1. The van der Waals surface area contributed by atoms with Crippen LogP contribution in [0.15, 0.2) is 46.9 Å². The molecule has 6 nitrogen and oxygen atoms in total. The molecule has 3 aromatic rings. The molecule has 0 aliphatic rings. The third-order valence-corrected chi connectivity index (χ3v) is 5.31. The van der Waals surface area contributed by atoms with Gasteiger partial charge in [-0.2, -0.15) is 0 Å². The number of thiocarbonyl (C=S) groups is 1. The highest BCUT2D eigenvalue weighted by Gasteiger charge is 2.10. The summed E-state index contributed by atoms with van der Waals surface area (Å²) in [4.78, 5) is 28.4. The smallest absolute Gasteiger partial charge is 0.257 e. The Hall–Kier alpha value is -2.36. The van der Waals surface area contributed by atoms with Crippen LogP contribution < -0.4 is 16.0 Å². The van der Waals surface area contributed by atoms with Gasteiger partial charge in [0.25, 0.3) is 5.91 Å². The third kappa shape index (κ3) is 5.34. The summed E-state index contributed by atoms with van der Waals surface area (Å²) >= 11 is 9.96. The van der Waals surface area contributed by atoms with Gasteiger partial charge in [0.05, 0.1) is 10.2 Å². The number of hydrogen-bond acceptors (Lipinski definition) is 5. The number of aromatic nitrogens is 1. The minimum absolute atomic E-state index is 0.0451. The summed E-state index contributed by atoms with van der Waals surface area (Å²) in [7, 11) is 0. The molecule has 144 valence electrons. The second-order valence-corrected chi connectivity index (χ2v) is 8.27. The lowest BCUT2D eigenvalue weighted by molar-refractivity contribution is -0.116. The number of rotatable bonds is 5. The fourth-order valence-corrected chi connectivity index (χ4v) is 3.96. The topological polar surface area (TPSA) is 83.1 Å². The Morgan fingerprint density at radius 3 is 2.75 bits per heavy atom. The first-order valence-corrected chi connectivity index (χ1v) is 10.5. The van der Waals surface area contributed by atoms with Crippen molar-refractivity contribution in [1.82, 2.24) is 10.3 Å². The molecule has 28 heavy (non-hydrogen) atoms. The number of hydrogen-bond donors (Lipinski definition) is 3.